The molecule has 2 heterocycles. The van der Waals surface area contributed by atoms with E-state index in [1.165, 1.54) is 0 Å². The van der Waals surface area contributed by atoms with Crippen LogP contribution in [0, 0.1) is 11.8 Å². The first kappa shape index (κ1) is 26.6. The second-order valence-corrected chi connectivity index (χ2v) is 9.99. The lowest BCUT2D eigenvalue weighted by Crippen LogP contribution is -2.32. The van der Waals surface area contributed by atoms with Crippen molar-refractivity contribution in [1.82, 2.24) is 0 Å². The number of carbonyl (C=O) groups excluding carboxylic acids is 2. The maximum absolute atomic E-state index is 12.6. The van der Waals surface area contributed by atoms with Crippen LogP contribution in [0.15, 0.2) is 30.3 Å². The van der Waals surface area contributed by atoms with Crippen molar-refractivity contribution in [3.05, 3.63) is 35.9 Å². The molecule has 2 aliphatic heterocycles. The lowest BCUT2D eigenvalue weighted by Gasteiger charge is -2.24. The van der Waals surface area contributed by atoms with Crippen molar-refractivity contribution in [2.75, 3.05) is 0 Å². The summed E-state index contributed by atoms with van der Waals surface area (Å²) in [7, 11) is 0. The lowest BCUT2D eigenvalue weighted by atomic mass is 10.0. The first-order valence-corrected chi connectivity index (χ1v) is 12.6. The van der Waals surface area contributed by atoms with Gasteiger partial charge < -0.3 is 24.1 Å². The highest BCUT2D eigenvalue weighted by Gasteiger charge is 2.37. The molecule has 0 amide bonds. The van der Waals surface area contributed by atoms with Crippen molar-refractivity contribution in [2.45, 2.75) is 109 Å². The van der Waals surface area contributed by atoms with E-state index < -0.39 is 6.10 Å². The Kier molecular flexibility index (Phi) is 9.92. The monoisotopic (exact) mass is 476 g/mol. The molecule has 0 radical (unpaired) electrons. The van der Waals surface area contributed by atoms with E-state index in [1.807, 2.05) is 51.1 Å². The van der Waals surface area contributed by atoms with Crippen molar-refractivity contribution >= 4 is 11.9 Å². The minimum atomic E-state index is -0.408. The summed E-state index contributed by atoms with van der Waals surface area (Å²) in [6.45, 7) is 7.58. The van der Waals surface area contributed by atoms with Gasteiger partial charge in [0.1, 0.15) is 12.7 Å². The van der Waals surface area contributed by atoms with Crippen LogP contribution in [0.25, 0.3) is 0 Å². The topological polar surface area (TPSA) is 91.3 Å². The van der Waals surface area contributed by atoms with Gasteiger partial charge in [-0.05, 0) is 65.4 Å². The first-order valence-electron chi connectivity index (χ1n) is 12.6. The molecule has 1 aromatic rings. The minimum absolute atomic E-state index is 0.00266. The van der Waals surface area contributed by atoms with E-state index in [0.29, 0.717) is 12.8 Å². The van der Waals surface area contributed by atoms with E-state index in [0.717, 1.165) is 31.2 Å². The summed E-state index contributed by atoms with van der Waals surface area (Å²) in [6, 6.07) is 9.62. The van der Waals surface area contributed by atoms with E-state index in [1.54, 1.807) is 6.92 Å². The van der Waals surface area contributed by atoms with Gasteiger partial charge in [-0.25, -0.2) is 0 Å². The van der Waals surface area contributed by atoms with Crippen molar-refractivity contribution in [3.63, 3.8) is 0 Å². The Bertz CT molecular complexity index is 780. The molecule has 0 aromatic heterocycles. The Hall–Kier alpha value is -1.96. The summed E-state index contributed by atoms with van der Waals surface area (Å²) < 4.78 is 23.2. The molecule has 34 heavy (non-hydrogen) atoms. The average Bonchev–Trinajstić information content (AvgIpc) is 3.46. The maximum atomic E-state index is 12.6. The van der Waals surface area contributed by atoms with E-state index >= 15 is 0 Å². The average molecular weight is 477 g/mol. The largest absolute Gasteiger partial charge is 0.462 e. The van der Waals surface area contributed by atoms with Gasteiger partial charge in [0.2, 0.25) is 0 Å². The summed E-state index contributed by atoms with van der Waals surface area (Å²) >= 11 is 0. The smallest absolute Gasteiger partial charge is 0.311 e. The van der Waals surface area contributed by atoms with E-state index in [-0.39, 0.29) is 60.9 Å². The number of hydrogen-bond acceptors (Lipinski definition) is 7. The van der Waals surface area contributed by atoms with Crippen LogP contribution >= 0.6 is 0 Å². The highest BCUT2D eigenvalue weighted by molar-refractivity contribution is 5.73. The Labute approximate surface area is 203 Å². The number of rotatable bonds is 11. The van der Waals surface area contributed by atoms with Gasteiger partial charge in [0.15, 0.2) is 0 Å². The zero-order valence-corrected chi connectivity index (χ0v) is 20.9. The second-order valence-electron chi connectivity index (χ2n) is 9.99. The van der Waals surface area contributed by atoms with E-state index in [4.69, 9.17) is 18.9 Å². The standard InChI is InChI=1S/C27H40O7/c1-17(28)14-22-10-12-25(33-22)20(4)27(30)32-18(2)15-23-11-13-24(34-23)19(3)26(29)31-16-21-8-6-5-7-9-21/h5-9,17-20,22-25,28H,10-16H2,1-4H3/t17-,18+,19-,20+,22-,23+,24-,25+/m0/s1. The van der Waals surface area contributed by atoms with Gasteiger partial charge in [-0.1, -0.05) is 30.3 Å². The predicted molar refractivity (Wildman–Crippen MR) is 127 cm³/mol. The quantitative estimate of drug-likeness (QED) is 0.479. The van der Waals surface area contributed by atoms with Gasteiger partial charge in [-0.15, -0.1) is 0 Å². The Balaban J connectivity index is 1.37. The number of hydrogen-bond donors (Lipinski definition) is 1. The van der Waals surface area contributed by atoms with Gasteiger partial charge >= 0.3 is 11.9 Å². The van der Waals surface area contributed by atoms with Crippen LogP contribution in [0.1, 0.15) is 71.8 Å². The van der Waals surface area contributed by atoms with Crippen molar-refractivity contribution in [3.8, 4) is 0 Å². The molecule has 3 rings (SSSR count). The molecule has 0 saturated carbocycles. The molecule has 2 aliphatic rings. The summed E-state index contributed by atoms with van der Waals surface area (Å²) in [5.41, 5.74) is 0.958. The fraction of sp³-hybridized carbons (Fsp3) is 0.704. The van der Waals surface area contributed by atoms with Crippen LogP contribution in [0.5, 0.6) is 0 Å². The molecule has 190 valence electrons. The number of benzene rings is 1. The number of aliphatic hydroxyl groups is 1. The highest BCUT2D eigenvalue weighted by Crippen LogP contribution is 2.31. The van der Waals surface area contributed by atoms with Crippen LogP contribution in [0.4, 0.5) is 0 Å². The number of carbonyl (C=O) groups is 2. The normalized spacial score (nSPS) is 28.1. The molecule has 1 N–H and O–H groups in total. The SMILES string of the molecule is C[C@H](O)C[C@@H]1CC[C@H]([C@@H](C)C(=O)O[C@H](C)C[C@H]2CC[C@@H]([C@H](C)C(=O)OCc3ccccc3)O2)O1. The number of aliphatic hydroxyl groups excluding tert-OH is 1. The molecule has 8 atom stereocenters. The van der Waals surface area contributed by atoms with Crippen LogP contribution in [-0.4, -0.2) is 53.7 Å². The van der Waals surface area contributed by atoms with E-state index in [9.17, 15) is 14.7 Å². The zero-order valence-electron chi connectivity index (χ0n) is 20.9. The third-order valence-electron chi connectivity index (χ3n) is 6.88. The lowest BCUT2D eigenvalue weighted by molar-refractivity contribution is -0.159. The molecule has 7 heteroatoms. The van der Waals surface area contributed by atoms with Crippen molar-refractivity contribution < 1.29 is 33.6 Å². The molecule has 0 spiro atoms. The Morgan fingerprint density at radius 2 is 1.44 bits per heavy atom. The minimum Gasteiger partial charge on any atom is -0.462 e. The molecule has 2 fully saturated rings. The fourth-order valence-corrected chi connectivity index (χ4v) is 4.82. The molecule has 0 bridgehead atoms. The molecular weight excluding hydrogens is 436 g/mol. The molecule has 1 aromatic carbocycles. The number of esters is 2. The molecule has 0 unspecified atom stereocenters. The highest BCUT2D eigenvalue weighted by atomic mass is 16.6. The van der Waals surface area contributed by atoms with Gasteiger partial charge in [-0.3, -0.25) is 9.59 Å². The molecular formula is C27H40O7. The van der Waals surface area contributed by atoms with Crippen LogP contribution in [0.2, 0.25) is 0 Å². The number of ether oxygens (including phenoxy) is 4. The third kappa shape index (κ3) is 7.79. The molecule has 2 saturated heterocycles. The van der Waals surface area contributed by atoms with Crippen molar-refractivity contribution in [2.24, 2.45) is 11.8 Å². The van der Waals surface area contributed by atoms with Crippen LogP contribution in [-0.2, 0) is 35.1 Å². The molecule has 0 aliphatic carbocycles. The van der Waals surface area contributed by atoms with Crippen LogP contribution < -0.4 is 0 Å². The van der Waals surface area contributed by atoms with Gasteiger partial charge in [-0.2, -0.15) is 0 Å². The van der Waals surface area contributed by atoms with Gasteiger partial charge in [0.05, 0.1) is 42.4 Å². The predicted octanol–water partition coefficient (Wildman–Crippen LogP) is 4.19. The first-order chi connectivity index (χ1) is 16.2. The maximum Gasteiger partial charge on any atom is 0.311 e. The van der Waals surface area contributed by atoms with Gasteiger partial charge in [0.25, 0.3) is 0 Å². The van der Waals surface area contributed by atoms with Crippen molar-refractivity contribution in [1.29, 1.82) is 0 Å². The summed E-state index contributed by atoms with van der Waals surface area (Å²) in [5.74, 6) is -1.21. The molecule has 7 nitrogen and oxygen atoms in total. The third-order valence-corrected chi connectivity index (χ3v) is 6.88. The summed E-state index contributed by atoms with van der Waals surface area (Å²) in [6.07, 6.45) is 3.35. The Morgan fingerprint density at radius 3 is 2.03 bits per heavy atom. The Morgan fingerprint density at radius 1 is 0.882 bits per heavy atom. The summed E-state index contributed by atoms with van der Waals surface area (Å²) in [5, 5.41) is 9.55. The zero-order chi connectivity index (χ0) is 24.7. The van der Waals surface area contributed by atoms with E-state index in [2.05, 4.69) is 0 Å². The van der Waals surface area contributed by atoms with Gasteiger partial charge in [0, 0.05) is 6.42 Å². The fourth-order valence-electron chi connectivity index (χ4n) is 4.82. The second kappa shape index (κ2) is 12.7. The van der Waals surface area contributed by atoms with Crippen LogP contribution in [0.3, 0.4) is 0 Å². The summed E-state index contributed by atoms with van der Waals surface area (Å²) in [4.78, 5) is 25.1.